The predicted octanol–water partition coefficient (Wildman–Crippen LogP) is 2.91. The fourth-order valence-electron chi connectivity index (χ4n) is 2.62. The molecule has 1 aromatic heterocycles. The van der Waals surface area contributed by atoms with E-state index in [9.17, 15) is 5.11 Å². The van der Waals surface area contributed by atoms with E-state index in [4.69, 9.17) is 0 Å². The van der Waals surface area contributed by atoms with Gasteiger partial charge in [-0.25, -0.2) is 4.98 Å². The van der Waals surface area contributed by atoms with Crippen LogP contribution in [0.5, 0.6) is 0 Å². The van der Waals surface area contributed by atoms with Gasteiger partial charge in [0.1, 0.15) is 5.82 Å². The van der Waals surface area contributed by atoms with E-state index in [1.165, 1.54) is 37.2 Å². The molecule has 0 radical (unpaired) electrons. The molecule has 0 amide bonds. The number of anilines is 1. The molecule has 0 spiro atoms. The average Bonchev–Trinajstić information content (AvgIpc) is 3.14. The van der Waals surface area contributed by atoms with Gasteiger partial charge < -0.3 is 10.4 Å². The van der Waals surface area contributed by atoms with E-state index >= 15 is 0 Å². The van der Waals surface area contributed by atoms with E-state index in [0.717, 1.165) is 36.6 Å². The zero-order valence-electron chi connectivity index (χ0n) is 10.7. The first-order valence-corrected chi connectivity index (χ1v) is 7.82. The van der Waals surface area contributed by atoms with Crippen LogP contribution in [0.4, 0.5) is 5.13 Å². The van der Waals surface area contributed by atoms with Crippen LogP contribution in [-0.4, -0.2) is 26.6 Å². The van der Waals surface area contributed by atoms with Crippen LogP contribution in [-0.2, 0) is 0 Å². The second kappa shape index (κ2) is 5.13. The first-order chi connectivity index (χ1) is 8.75. The monoisotopic (exact) mass is 267 g/mol. The van der Waals surface area contributed by atoms with Gasteiger partial charge in [-0.15, -0.1) is 0 Å². The highest BCUT2D eigenvalue weighted by molar-refractivity contribution is 7.09. The summed E-state index contributed by atoms with van der Waals surface area (Å²) in [7, 11) is 0. The smallest absolute Gasteiger partial charge is 0.202 e. The van der Waals surface area contributed by atoms with Gasteiger partial charge in [0.2, 0.25) is 5.13 Å². The van der Waals surface area contributed by atoms with Crippen LogP contribution in [0.3, 0.4) is 0 Å². The lowest BCUT2D eigenvalue weighted by molar-refractivity contribution is 0.0381. The van der Waals surface area contributed by atoms with Crippen molar-refractivity contribution in [1.29, 1.82) is 0 Å². The second-order valence-electron chi connectivity index (χ2n) is 5.72. The Morgan fingerprint density at radius 1 is 1.22 bits per heavy atom. The third kappa shape index (κ3) is 3.01. The van der Waals surface area contributed by atoms with Gasteiger partial charge in [-0.1, -0.05) is 25.7 Å². The molecular formula is C13H21N3OS. The number of aliphatic hydroxyl groups is 1. The largest absolute Gasteiger partial charge is 0.388 e. The zero-order chi connectivity index (χ0) is 12.4. The maximum atomic E-state index is 10.5. The Morgan fingerprint density at radius 2 is 1.94 bits per heavy atom. The molecule has 2 aliphatic carbocycles. The van der Waals surface area contributed by atoms with Crippen molar-refractivity contribution in [3.05, 3.63) is 5.82 Å². The fourth-order valence-corrected chi connectivity index (χ4v) is 3.26. The molecule has 0 unspecified atom stereocenters. The van der Waals surface area contributed by atoms with E-state index in [1.54, 1.807) is 0 Å². The Balaban J connectivity index is 1.55. The molecule has 1 heterocycles. The summed E-state index contributed by atoms with van der Waals surface area (Å²) in [6.07, 6.45) is 9.09. The minimum Gasteiger partial charge on any atom is -0.388 e. The van der Waals surface area contributed by atoms with Crippen molar-refractivity contribution >= 4 is 16.7 Å². The van der Waals surface area contributed by atoms with Crippen LogP contribution in [0.1, 0.15) is 63.1 Å². The maximum Gasteiger partial charge on any atom is 0.202 e. The van der Waals surface area contributed by atoms with Gasteiger partial charge in [-0.3, -0.25) is 0 Å². The number of rotatable bonds is 4. The molecule has 5 heteroatoms. The first-order valence-electron chi connectivity index (χ1n) is 7.05. The van der Waals surface area contributed by atoms with Crippen molar-refractivity contribution in [2.24, 2.45) is 0 Å². The van der Waals surface area contributed by atoms with Gasteiger partial charge in [0.25, 0.3) is 0 Å². The van der Waals surface area contributed by atoms with E-state index in [-0.39, 0.29) is 0 Å². The summed E-state index contributed by atoms with van der Waals surface area (Å²) >= 11 is 1.43. The maximum absolute atomic E-state index is 10.5. The van der Waals surface area contributed by atoms with Crippen molar-refractivity contribution < 1.29 is 5.11 Å². The van der Waals surface area contributed by atoms with Gasteiger partial charge >= 0.3 is 0 Å². The predicted molar refractivity (Wildman–Crippen MR) is 73.0 cm³/mol. The Hall–Kier alpha value is -0.680. The molecule has 4 nitrogen and oxygen atoms in total. The molecule has 0 bridgehead atoms. The van der Waals surface area contributed by atoms with Gasteiger partial charge in [0, 0.05) is 24.0 Å². The molecular weight excluding hydrogens is 246 g/mol. The van der Waals surface area contributed by atoms with Crippen LogP contribution in [0.15, 0.2) is 0 Å². The van der Waals surface area contributed by atoms with Crippen molar-refractivity contribution in [3.63, 3.8) is 0 Å². The topological polar surface area (TPSA) is 58.0 Å². The Morgan fingerprint density at radius 3 is 2.61 bits per heavy atom. The summed E-state index contributed by atoms with van der Waals surface area (Å²) < 4.78 is 4.37. The van der Waals surface area contributed by atoms with Crippen LogP contribution >= 0.6 is 11.5 Å². The average molecular weight is 267 g/mol. The Kier molecular flexibility index (Phi) is 3.52. The highest BCUT2D eigenvalue weighted by atomic mass is 32.1. The molecule has 18 heavy (non-hydrogen) atoms. The summed E-state index contributed by atoms with van der Waals surface area (Å²) in [6.45, 7) is 0.617. The quantitative estimate of drug-likeness (QED) is 0.824. The highest BCUT2D eigenvalue weighted by Gasteiger charge is 2.30. The molecule has 1 aromatic rings. The third-order valence-electron chi connectivity index (χ3n) is 3.99. The standard InChI is InChI=1S/C13H21N3OS/c17-13(7-3-1-2-4-8-13)9-14-12-15-11(16-18-12)10-5-6-10/h10,17H,1-9H2,(H,14,15,16). The molecule has 0 aromatic carbocycles. The Labute approximate surface area is 112 Å². The van der Waals surface area contributed by atoms with Gasteiger partial charge in [-0.05, 0) is 25.7 Å². The van der Waals surface area contributed by atoms with E-state index in [1.807, 2.05) is 0 Å². The van der Waals surface area contributed by atoms with Crippen molar-refractivity contribution in [2.45, 2.75) is 62.9 Å². The molecule has 0 saturated heterocycles. The number of hydrogen-bond donors (Lipinski definition) is 2. The number of hydrogen-bond acceptors (Lipinski definition) is 5. The SMILES string of the molecule is OC1(CNc2nc(C3CC3)ns2)CCCCCC1. The van der Waals surface area contributed by atoms with Gasteiger partial charge in [0.15, 0.2) is 0 Å². The molecule has 2 aliphatic rings. The van der Waals surface area contributed by atoms with Gasteiger partial charge in [0.05, 0.1) is 5.60 Å². The molecule has 100 valence electrons. The van der Waals surface area contributed by atoms with E-state index in [2.05, 4.69) is 14.7 Å². The number of nitrogens with zero attached hydrogens (tertiary/aromatic N) is 2. The van der Waals surface area contributed by atoms with Crippen molar-refractivity contribution in [3.8, 4) is 0 Å². The summed E-state index contributed by atoms with van der Waals surface area (Å²) in [5.74, 6) is 1.60. The lowest BCUT2D eigenvalue weighted by Crippen LogP contribution is -2.36. The molecule has 0 aliphatic heterocycles. The first kappa shape index (κ1) is 12.4. The minimum absolute atomic E-state index is 0.540. The van der Waals surface area contributed by atoms with Crippen LogP contribution in [0.2, 0.25) is 0 Å². The van der Waals surface area contributed by atoms with Crippen LogP contribution in [0, 0.1) is 0 Å². The van der Waals surface area contributed by atoms with Gasteiger partial charge in [-0.2, -0.15) is 4.37 Å². The summed E-state index contributed by atoms with van der Waals surface area (Å²) in [5, 5.41) is 14.7. The summed E-state index contributed by atoms with van der Waals surface area (Å²) in [4.78, 5) is 4.50. The third-order valence-corrected chi connectivity index (χ3v) is 4.67. The lowest BCUT2D eigenvalue weighted by atomic mass is 9.95. The molecule has 2 fully saturated rings. The molecule has 2 saturated carbocycles. The molecule has 0 atom stereocenters. The summed E-state index contributed by atoms with van der Waals surface area (Å²) in [6, 6.07) is 0. The van der Waals surface area contributed by atoms with Crippen molar-refractivity contribution in [1.82, 2.24) is 9.36 Å². The normalized spacial score (nSPS) is 23.6. The van der Waals surface area contributed by atoms with Crippen LogP contribution in [0.25, 0.3) is 0 Å². The molecule has 2 N–H and O–H groups in total. The lowest BCUT2D eigenvalue weighted by Gasteiger charge is -2.26. The summed E-state index contributed by atoms with van der Waals surface area (Å²) in [5.41, 5.74) is -0.540. The van der Waals surface area contributed by atoms with Crippen LogP contribution < -0.4 is 5.32 Å². The minimum atomic E-state index is -0.540. The highest BCUT2D eigenvalue weighted by Crippen LogP contribution is 2.39. The van der Waals surface area contributed by atoms with E-state index < -0.39 is 5.60 Å². The number of aromatic nitrogens is 2. The number of nitrogens with one attached hydrogen (secondary N) is 1. The van der Waals surface area contributed by atoms with Crippen molar-refractivity contribution in [2.75, 3.05) is 11.9 Å². The Bertz CT molecular complexity index is 395. The second-order valence-corrected chi connectivity index (χ2v) is 6.48. The fraction of sp³-hybridized carbons (Fsp3) is 0.846. The van der Waals surface area contributed by atoms with E-state index in [0.29, 0.717) is 12.5 Å². The zero-order valence-corrected chi connectivity index (χ0v) is 11.5. The molecule has 3 rings (SSSR count).